The maximum absolute atomic E-state index is 12.4. The molecule has 4 atom stereocenters. The fraction of sp³-hybridized carbons (Fsp3) is 0.643. The predicted octanol–water partition coefficient (Wildman–Crippen LogP) is 4.99. The molecule has 3 unspecified atom stereocenters. The SMILES string of the molecule is CCCCC(=O)Oc1ccc(C(C(C)COC(=O)CC(C)CC)[C@H](N)C(=O)O)cc1OC(=O)CCCC. The van der Waals surface area contributed by atoms with Crippen molar-refractivity contribution in [3.05, 3.63) is 23.8 Å². The Kier molecular flexibility index (Phi) is 14.5. The minimum absolute atomic E-state index is 0.0204. The van der Waals surface area contributed by atoms with Crippen molar-refractivity contribution in [1.29, 1.82) is 0 Å². The second kappa shape index (κ2) is 16.7. The van der Waals surface area contributed by atoms with Gasteiger partial charge in [0.25, 0.3) is 0 Å². The van der Waals surface area contributed by atoms with E-state index in [-0.39, 0.29) is 49.3 Å². The Morgan fingerprint density at radius 3 is 1.97 bits per heavy atom. The van der Waals surface area contributed by atoms with Crippen LogP contribution in [-0.2, 0) is 23.9 Å². The van der Waals surface area contributed by atoms with Gasteiger partial charge in [-0.25, -0.2) is 0 Å². The van der Waals surface area contributed by atoms with Crippen LogP contribution in [0.5, 0.6) is 11.5 Å². The Morgan fingerprint density at radius 2 is 1.46 bits per heavy atom. The van der Waals surface area contributed by atoms with Crippen LogP contribution in [0.3, 0.4) is 0 Å². The van der Waals surface area contributed by atoms with E-state index in [2.05, 4.69) is 0 Å². The molecule has 0 fully saturated rings. The number of carbonyl (C=O) groups is 4. The van der Waals surface area contributed by atoms with Gasteiger partial charge in [-0.15, -0.1) is 0 Å². The molecule has 0 aromatic heterocycles. The van der Waals surface area contributed by atoms with Crippen molar-refractivity contribution >= 4 is 23.9 Å². The van der Waals surface area contributed by atoms with Crippen LogP contribution < -0.4 is 15.2 Å². The molecule has 0 aliphatic carbocycles. The van der Waals surface area contributed by atoms with Gasteiger partial charge in [0, 0.05) is 25.2 Å². The van der Waals surface area contributed by atoms with Crippen LogP contribution in [0, 0.1) is 11.8 Å². The molecule has 0 saturated carbocycles. The van der Waals surface area contributed by atoms with Crippen molar-refractivity contribution in [2.75, 3.05) is 6.61 Å². The van der Waals surface area contributed by atoms with Crippen molar-refractivity contribution in [1.82, 2.24) is 0 Å². The highest BCUT2D eigenvalue weighted by Gasteiger charge is 2.32. The normalized spacial score (nSPS) is 14.2. The molecule has 37 heavy (non-hydrogen) atoms. The zero-order chi connectivity index (χ0) is 28.0. The van der Waals surface area contributed by atoms with Crippen molar-refractivity contribution in [2.45, 2.75) is 97.9 Å². The molecular weight excluding hydrogens is 478 g/mol. The third kappa shape index (κ3) is 11.3. The van der Waals surface area contributed by atoms with E-state index in [9.17, 15) is 24.3 Å². The zero-order valence-electron chi connectivity index (χ0n) is 22.8. The fourth-order valence-electron chi connectivity index (χ4n) is 3.74. The number of hydrogen-bond donors (Lipinski definition) is 2. The van der Waals surface area contributed by atoms with Gasteiger partial charge in [0.05, 0.1) is 6.61 Å². The highest BCUT2D eigenvalue weighted by Crippen LogP contribution is 2.36. The molecule has 3 N–H and O–H groups in total. The van der Waals surface area contributed by atoms with Crippen molar-refractivity contribution < 1.29 is 38.5 Å². The summed E-state index contributed by atoms with van der Waals surface area (Å²) in [7, 11) is 0. The number of carboxylic acid groups (broad SMARTS) is 1. The summed E-state index contributed by atoms with van der Waals surface area (Å²) in [5, 5.41) is 9.67. The van der Waals surface area contributed by atoms with E-state index in [4.69, 9.17) is 19.9 Å². The molecule has 1 rings (SSSR count). The van der Waals surface area contributed by atoms with Crippen LogP contribution in [0.25, 0.3) is 0 Å². The van der Waals surface area contributed by atoms with Gasteiger partial charge in [0.2, 0.25) is 0 Å². The number of rotatable bonds is 17. The summed E-state index contributed by atoms with van der Waals surface area (Å²) in [6, 6.07) is 3.24. The number of unbranched alkanes of at least 4 members (excludes halogenated alkanes) is 2. The van der Waals surface area contributed by atoms with Gasteiger partial charge < -0.3 is 25.1 Å². The second-order valence-corrected chi connectivity index (χ2v) is 9.63. The first-order valence-electron chi connectivity index (χ1n) is 13.2. The topological polar surface area (TPSA) is 142 Å². The lowest BCUT2D eigenvalue weighted by molar-refractivity contribution is -0.146. The van der Waals surface area contributed by atoms with Crippen LogP contribution in [-0.4, -0.2) is 41.6 Å². The lowest BCUT2D eigenvalue weighted by atomic mass is 9.82. The van der Waals surface area contributed by atoms with E-state index in [0.717, 1.165) is 19.3 Å². The zero-order valence-corrected chi connectivity index (χ0v) is 22.8. The number of ether oxygens (including phenoxy) is 3. The average Bonchev–Trinajstić information content (AvgIpc) is 2.86. The molecule has 0 aliphatic heterocycles. The molecule has 1 aromatic carbocycles. The first kappa shape index (κ1) is 32.1. The van der Waals surface area contributed by atoms with Crippen LogP contribution in [0.2, 0.25) is 0 Å². The first-order valence-corrected chi connectivity index (χ1v) is 13.2. The summed E-state index contributed by atoms with van der Waals surface area (Å²) in [6.07, 6.45) is 4.43. The summed E-state index contributed by atoms with van der Waals surface area (Å²) >= 11 is 0. The third-order valence-corrected chi connectivity index (χ3v) is 6.27. The molecule has 0 bridgehead atoms. The van der Waals surface area contributed by atoms with Gasteiger partial charge in [-0.3, -0.25) is 19.2 Å². The van der Waals surface area contributed by atoms with Gasteiger partial charge in [0.1, 0.15) is 6.04 Å². The van der Waals surface area contributed by atoms with E-state index in [0.29, 0.717) is 18.4 Å². The standard InChI is InChI=1S/C28H43NO8/c1-6-9-11-23(30)36-21-14-13-20(16-22(21)37-24(31)12-10-7-2)26(27(29)28(33)34)19(5)17-35-25(32)15-18(4)8-3/h13-14,16,18-19,26-27H,6-12,15,17,29H2,1-5H3,(H,33,34)/t18?,19?,26?,27-/m0/s1. The Hall–Kier alpha value is -2.94. The lowest BCUT2D eigenvalue weighted by Gasteiger charge is -2.28. The maximum atomic E-state index is 12.4. The molecular formula is C28H43NO8. The van der Waals surface area contributed by atoms with Gasteiger partial charge in [-0.1, -0.05) is 59.9 Å². The first-order chi connectivity index (χ1) is 17.5. The Balaban J connectivity index is 3.27. The van der Waals surface area contributed by atoms with Crippen LogP contribution in [0.4, 0.5) is 0 Å². The largest absolute Gasteiger partial charge is 0.480 e. The molecule has 9 nitrogen and oxygen atoms in total. The summed E-state index contributed by atoms with van der Waals surface area (Å²) in [4.78, 5) is 48.7. The van der Waals surface area contributed by atoms with E-state index in [1.807, 2.05) is 27.7 Å². The number of carboxylic acids is 1. The highest BCUT2D eigenvalue weighted by atomic mass is 16.6. The van der Waals surface area contributed by atoms with Crippen LogP contribution in [0.15, 0.2) is 18.2 Å². The van der Waals surface area contributed by atoms with Gasteiger partial charge in [-0.05, 0) is 42.4 Å². The van der Waals surface area contributed by atoms with Gasteiger partial charge in [-0.2, -0.15) is 0 Å². The van der Waals surface area contributed by atoms with Crippen molar-refractivity contribution in [3.8, 4) is 11.5 Å². The van der Waals surface area contributed by atoms with Crippen LogP contribution in [0.1, 0.15) is 97.5 Å². The van der Waals surface area contributed by atoms with Gasteiger partial charge in [0.15, 0.2) is 11.5 Å². The summed E-state index contributed by atoms with van der Waals surface area (Å²) in [5.41, 5.74) is 6.52. The Labute approximate surface area is 220 Å². The Bertz CT molecular complexity index is 900. The fourth-order valence-corrected chi connectivity index (χ4v) is 3.74. The minimum Gasteiger partial charge on any atom is -0.480 e. The molecule has 0 heterocycles. The smallest absolute Gasteiger partial charge is 0.321 e. The maximum Gasteiger partial charge on any atom is 0.321 e. The van der Waals surface area contributed by atoms with E-state index in [1.165, 1.54) is 12.1 Å². The highest BCUT2D eigenvalue weighted by molar-refractivity contribution is 5.77. The van der Waals surface area contributed by atoms with E-state index < -0.39 is 35.8 Å². The van der Waals surface area contributed by atoms with E-state index in [1.54, 1.807) is 13.0 Å². The molecule has 0 aliphatic rings. The summed E-state index contributed by atoms with van der Waals surface area (Å²) < 4.78 is 16.4. The number of hydrogen-bond acceptors (Lipinski definition) is 8. The molecule has 1 aromatic rings. The van der Waals surface area contributed by atoms with Crippen molar-refractivity contribution in [3.63, 3.8) is 0 Å². The summed E-state index contributed by atoms with van der Waals surface area (Å²) in [5.74, 6) is -3.49. The number of carbonyl (C=O) groups excluding carboxylic acids is 3. The number of nitrogens with two attached hydrogens (primary N) is 1. The molecule has 9 heteroatoms. The Morgan fingerprint density at radius 1 is 0.892 bits per heavy atom. The molecule has 0 radical (unpaired) electrons. The number of benzene rings is 1. The van der Waals surface area contributed by atoms with Gasteiger partial charge >= 0.3 is 23.9 Å². The van der Waals surface area contributed by atoms with E-state index >= 15 is 0 Å². The molecule has 0 amide bonds. The van der Waals surface area contributed by atoms with Crippen molar-refractivity contribution in [2.24, 2.45) is 17.6 Å². The number of esters is 3. The third-order valence-electron chi connectivity index (χ3n) is 6.27. The predicted molar refractivity (Wildman–Crippen MR) is 139 cm³/mol. The lowest BCUT2D eigenvalue weighted by Crippen LogP contribution is -2.40. The minimum atomic E-state index is -1.31. The molecule has 0 spiro atoms. The monoisotopic (exact) mass is 521 g/mol. The molecule has 0 saturated heterocycles. The summed E-state index contributed by atoms with van der Waals surface area (Å²) in [6.45, 7) is 9.56. The quantitative estimate of drug-likeness (QED) is 0.214. The van der Waals surface area contributed by atoms with Crippen LogP contribution >= 0.6 is 0 Å². The number of aliphatic carboxylic acids is 1. The average molecular weight is 522 g/mol. The second-order valence-electron chi connectivity index (χ2n) is 9.63. The molecule has 208 valence electrons.